The van der Waals surface area contributed by atoms with E-state index in [4.69, 9.17) is 9.15 Å². The SMILES string of the molecule is COc1cccc([C@H](O)c2ccc(C)o2)c1. The summed E-state index contributed by atoms with van der Waals surface area (Å²) in [7, 11) is 1.60. The van der Waals surface area contributed by atoms with Crippen molar-refractivity contribution < 1.29 is 14.3 Å². The number of aliphatic hydroxyl groups is 1. The molecule has 0 bridgehead atoms. The average molecular weight is 218 g/mol. The van der Waals surface area contributed by atoms with E-state index >= 15 is 0 Å². The molecule has 3 heteroatoms. The van der Waals surface area contributed by atoms with Crippen LogP contribution in [0.4, 0.5) is 0 Å². The van der Waals surface area contributed by atoms with Crippen LogP contribution in [0.5, 0.6) is 5.75 Å². The summed E-state index contributed by atoms with van der Waals surface area (Å²) in [5.41, 5.74) is 0.758. The van der Waals surface area contributed by atoms with Crippen LogP contribution >= 0.6 is 0 Å². The number of furan rings is 1. The summed E-state index contributed by atoms with van der Waals surface area (Å²) >= 11 is 0. The largest absolute Gasteiger partial charge is 0.497 e. The van der Waals surface area contributed by atoms with E-state index in [2.05, 4.69) is 0 Å². The van der Waals surface area contributed by atoms with Crippen LogP contribution in [0.2, 0.25) is 0 Å². The van der Waals surface area contributed by atoms with Gasteiger partial charge < -0.3 is 14.3 Å². The predicted octanol–water partition coefficient (Wildman–Crippen LogP) is 2.68. The number of aliphatic hydroxyl groups excluding tert-OH is 1. The van der Waals surface area contributed by atoms with Gasteiger partial charge in [0.15, 0.2) is 0 Å². The fraction of sp³-hybridized carbons (Fsp3) is 0.231. The first kappa shape index (κ1) is 10.8. The van der Waals surface area contributed by atoms with Gasteiger partial charge in [-0.25, -0.2) is 0 Å². The second kappa shape index (κ2) is 4.41. The Balaban J connectivity index is 2.29. The van der Waals surface area contributed by atoms with E-state index in [1.165, 1.54) is 0 Å². The molecule has 1 atom stereocenters. The third-order valence-corrected chi connectivity index (χ3v) is 2.44. The van der Waals surface area contributed by atoms with Gasteiger partial charge in [-0.3, -0.25) is 0 Å². The number of ether oxygens (including phenoxy) is 1. The Morgan fingerprint density at radius 3 is 2.69 bits per heavy atom. The minimum absolute atomic E-state index is 0.547. The van der Waals surface area contributed by atoms with Crippen LogP contribution in [0.15, 0.2) is 40.8 Å². The van der Waals surface area contributed by atoms with Crippen molar-refractivity contribution in [2.24, 2.45) is 0 Å². The van der Waals surface area contributed by atoms with Gasteiger partial charge in [0.05, 0.1) is 7.11 Å². The second-order valence-corrected chi connectivity index (χ2v) is 3.63. The normalized spacial score (nSPS) is 12.4. The molecule has 1 heterocycles. The first-order valence-electron chi connectivity index (χ1n) is 5.09. The van der Waals surface area contributed by atoms with Gasteiger partial charge >= 0.3 is 0 Å². The zero-order valence-corrected chi connectivity index (χ0v) is 9.31. The monoisotopic (exact) mass is 218 g/mol. The zero-order valence-electron chi connectivity index (χ0n) is 9.31. The van der Waals surface area contributed by atoms with E-state index in [-0.39, 0.29) is 0 Å². The Labute approximate surface area is 94.3 Å². The summed E-state index contributed by atoms with van der Waals surface area (Å²) in [5.74, 6) is 2.06. The molecule has 0 aliphatic rings. The first-order valence-corrected chi connectivity index (χ1v) is 5.09. The minimum atomic E-state index is -0.746. The molecular weight excluding hydrogens is 204 g/mol. The summed E-state index contributed by atoms with van der Waals surface area (Å²) in [4.78, 5) is 0. The molecule has 0 spiro atoms. The summed E-state index contributed by atoms with van der Waals surface area (Å²) in [5, 5.41) is 10.1. The molecule has 0 aliphatic carbocycles. The molecule has 0 aliphatic heterocycles. The molecule has 0 unspecified atom stereocenters. The first-order chi connectivity index (χ1) is 7.70. The summed E-state index contributed by atoms with van der Waals surface area (Å²) in [6.45, 7) is 1.85. The van der Waals surface area contributed by atoms with Gasteiger partial charge in [-0.1, -0.05) is 12.1 Å². The fourth-order valence-electron chi connectivity index (χ4n) is 1.58. The van der Waals surface area contributed by atoms with Crippen molar-refractivity contribution in [3.8, 4) is 5.75 Å². The van der Waals surface area contributed by atoms with Gasteiger partial charge in [-0.05, 0) is 36.8 Å². The lowest BCUT2D eigenvalue weighted by atomic mass is 10.1. The maximum Gasteiger partial charge on any atom is 0.137 e. The molecule has 2 aromatic rings. The standard InChI is InChI=1S/C13H14O3/c1-9-6-7-12(16-9)13(14)10-4-3-5-11(8-10)15-2/h3-8,13-14H,1-2H3/t13-/m0/s1. The van der Waals surface area contributed by atoms with Crippen molar-refractivity contribution in [2.45, 2.75) is 13.0 Å². The maximum atomic E-state index is 10.1. The highest BCUT2D eigenvalue weighted by Crippen LogP contribution is 2.26. The van der Waals surface area contributed by atoms with Crippen LogP contribution in [-0.4, -0.2) is 12.2 Å². The second-order valence-electron chi connectivity index (χ2n) is 3.63. The van der Waals surface area contributed by atoms with Crippen molar-refractivity contribution in [1.29, 1.82) is 0 Å². The van der Waals surface area contributed by atoms with Gasteiger partial charge in [0.25, 0.3) is 0 Å². The van der Waals surface area contributed by atoms with Crippen LogP contribution < -0.4 is 4.74 Å². The highest BCUT2D eigenvalue weighted by molar-refractivity contribution is 5.33. The van der Waals surface area contributed by atoms with Crippen LogP contribution in [0, 0.1) is 6.92 Å². The Bertz CT molecular complexity index is 474. The van der Waals surface area contributed by atoms with E-state index in [9.17, 15) is 5.11 Å². The van der Waals surface area contributed by atoms with Crippen LogP contribution in [0.1, 0.15) is 23.2 Å². The molecule has 84 valence electrons. The lowest BCUT2D eigenvalue weighted by molar-refractivity contribution is 0.187. The van der Waals surface area contributed by atoms with Crippen molar-refractivity contribution in [3.63, 3.8) is 0 Å². The number of hydrogen-bond acceptors (Lipinski definition) is 3. The number of methoxy groups -OCH3 is 1. The molecule has 0 saturated heterocycles. The van der Waals surface area contributed by atoms with Crippen LogP contribution in [-0.2, 0) is 0 Å². The average Bonchev–Trinajstić information content (AvgIpc) is 2.75. The third-order valence-electron chi connectivity index (χ3n) is 2.44. The van der Waals surface area contributed by atoms with Crippen molar-refractivity contribution in [3.05, 3.63) is 53.5 Å². The van der Waals surface area contributed by atoms with Crippen LogP contribution in [0.3, 0.4) is 0 Å². The molecule has 16 heavy (non-hydrogen) atoms. The molecule has 3 nitrogen and oxygen atoms in total. The summed E-state index contributed by atoms with van der Waals surface area (Å²) in [6, 6.07) is 10.9. The van der Waals surface area contributed by atoms with E-state index in [0.29, 0.717) is 5.76 Å². The number of rotatable bonds is 3. The van der Waals surface area contributed by atoms with Gasteiger partial charge in [-0.2, -0.15) is 0 Å². The number of hydrogen-bond donors (Lipinski definition) is 1. The van der Waals surface area contributed by atoms with E-state index in [1.54, 1.807) is 19.2 Å². The van der Waals surface area contributed by atoms with Gasteiger partial charge in [0, 0.05) is 0 Å². The van der Waals surface area contributed by atoms with E-state index in [0.717, 1.165) is 17.1 Å². The maximum absolute atomic E-state index is 10.1. The summed E-state index contributed by atoms with van der Waals surface area (Å²) < 4.78 is 10.5. The van der Waals surface area contributed by atoms with E-state index in [1.807, 2.05) is 31.2 Å². The number of aryl methyl sites for hydroxylation is 1. The highest BCUT2D eigenvalue weighted by Gasteiger charge is 2.14. The lowest BCUT2D eigenvalue weighted by Crippen LogP contribution is -1.98. The van der Waals surface area contributed by atoms with Crippen molar-refractivity contribution in [1.82, 2.24) is 0 Å². The highest BCUT2D eigenvalue weighted by atomic mass is 16.5. The molecule has 0 fully saturated rings. The zero-order chi connectivity index (χ0) is 11.5. The fourth-order valence-corrected chi connectivity index (χ4v) is 1.58. The molecule has 0 radical (unpaired) electrons. The molecule has 0 saturated carbocycles. The molecular formula is C13H14O3. The minimum Gasteiger partial charge on any atom is -0.497 e. The lowest BCUT2D eigenvalue weighted by Gasteiger charge is -2.09. The molecule has 1 N–H and O–H groups in total. The smallest absolute Gasteiger partial charge is 0.137 e. The quantitative estimate of drug-likeness (QED) is 0.861. The Morgan fingerprint density at radius 1 is 1.25 bits per heavy atom. The molecule has 1 aromatic heterocycles. The predicted molar refractivity (Wildman–Crippen MR) is 60.5 cm³/mol. The number of benzene rings is 1. The Morgan fingerprint density at radius 2 is 2.06 bits per heavy atom. The van der Waals surface area contributed by atoms with Crippen molar-refractivity contribution >= 4 is 0 Å². The topological polar surface area (TPSA) is 42.6 Å². The van der Waals surface area contributed by atoms with E-state index < -0.39 is 6.10 Å². The third kappa shape index (κ3) is 2.09. The molecule has 2 rings (SSSR count). The molecule has 1 aromatic carbocycles. The van der Waals surface area contributed by atoms with Gasteiger partial charge in [0.2, 0.25) is 0 Å². The van der Waals surface area contributed by atoms with Crippen LogP contribution in [0.25, 0.3) is 0 Å². The van der Waals surface area contributed by atoms with Crippen molar-refractivity contribution in [2.75, 3.05) is 7.11 Å². The summed E-state index contributed by atoms with van der Waals surface area (Å²) in [6.07, 6.45) is -0.746. The Kier molecular flexibility index (Phi) is 2.97. The Hall–Kier alpha value is -1.74. The van der Waals surface area contributed by atoms with Gasteiger partial charge in [-0.15, -0.1) is 0 Å². The van der Waals surface area contributed by atoms with Gasteiger partial charge in [0.1, 0.15) is 23.4 Å². The molecule has 0 amide bonds.